The van der Waals surface area contributed by atoms with Crippen molar-refractivity contribution in [3.63, 3.8) is 0 Å². The summed E-state index contributed by atoms with van der Waals surface area (Å²) in [4.78, 5) is 24.2. The van der Waals surface area contributed by atoms with Gasteiger partial charge in [-0.15, -0.1) is 0 Å². The third-order valence-corrected chi connectivity index (χ3v) is 6.27. The molecule has 2 N–H and O–H groups in total. The third kappa shape index (κ3) is 4.79. The summed E-state index contributed by atoms with van der Waals surface area (Å²) in [6.07, 6.45) is -3.35. The van der Waals surface area contributed by atoms with Crippen molar-refractivity contribution in [3.05, 3.63) is 47.5 Å². The molecule has 0 aliphatic carbocycles. The highest BCUT2D eigenvalue weighted by Crippen LogP contribution is 2.38. The lowest BCUT2D eigenvalue weighted by atomic mass is 10.1. The van der Waals surface area contributed by atoms with Crippen LogP contribution in [0.15, 0.2) is 41.3 Å². The maximum atomic E-state index is 13.3. The number of benzene rings is 2. The Morgan fingerprint density at radius 1 is 1.16 bits per heavy atom. The molecule has 0 atom stereocenters. The fourth-order valence-corrected chi connectivity index (χ4v) is 4.57. The molecule has 0 spiro atoms. The largest absolute Gasteiger partial charge is 0.495 e. The molecular formula is C20H19F3N2O6S. The SMILES string of the molecule is COc1ccc(C(=O)O)cc1S(=O)(=O)Nc1cc(C(F)(F)F)ccc1N1CCCCC1=O. The van der Waals surface area contributed by atoms with Gasteiger partial charge < -0.3 is 14.7 Å². The number of carboxylic acids is 1. The zero-order chi connectivity index (χ0) is 23.7. The normalized spacial score (nSPS) is 14.9. The van der Waals surface area contributed by atoms with E-state index in [-0.39, 0.29) is 35.9 Å². The zero-order valence-corrected chi connectivity index (χ0v) is 17.6. The number of alkyl halides is 3. The van der Waals surface area contributed by atoms with E-state index in [0.717, 1.165) is 37.4 Å². The number of amides is 1. The number of carbonyl (C=O) groups excluding carboxylic acids is 1. The van der Waals surface area contributed by atoms with Crippen LogP contribution in [0.3, 0.4) is 0 Å². The number of rotatable bonds is 6. The van der Waals surface area contributed by atoms with E-state index in [9.17, 15) is 36.3 Å². The van der Waals surface area contributed by atoms with Gasteiger partial charge in [0.15, 0.2) is 0 Å². The minimum absolute atomic E-state index is 0.0281. The van der Waals surface area contributed by atoms with Crippen LogP contribution in [0.4, 0.5) is 24.5 Å². The summed E-state index contributed by atoms with van der Waals surface area (Å²) in [7, 11) is -3.43. The fraction of sp³-hybridized carbons (Fsp3) is 0.300. The van der Waals surface area contributed by atoms with E-state index >= 15 is 0 Å². The van der Waals surface area contributed by atoms with E-state index in [1.54, 1.807) is 0 Å². The summed E-state index contributed by atoms with van der Waals surface area (Å²) in [5.41, 5.74) is -1.96. The first kappa shape index (κ1) is 23.4. The summed E-state index contributed by atoms with van der Waals surface area (Å²) < 4.78 is 73.1. The molecule has 1 fully saturated rings. The van der Waals surface area contributed by atoms with Crippen molar-refractivity contribution in [2.24, 2.45) is 0 Å². The Morgan fingerprint density at radius 3 is 2.47 bits per heavy atom. The van der Waals surface area contributed by atoms with Gasteiger partial charge in [-0.3, -0.25) is 9.52 Å². The molecule has 2 aromatic rings. The molecule has 12 heteroatoms. The predicted molar refractivity (Wildman–Crippen MR) is 108 cm³/mol. The molecule has 1 amide bonds. The molecule has 3 rings (SSSR count). The monoisotopic (exact) mass is 472 g/mol. The molecule has 32 heavy (non-hydrogen) atoms. The number of methoxy groups -OCH3 is 1. The molecule has 1 aliphatic heterocycles. The van der Waals surface area contributed by atoms with Crippen molar-refractivity contribution in [2.45, 2.75) is 30.3 Å². The summed E-state index contributed by atoms with van der Waals surface area (Å²) in [5, 5.41) is 9.17. The number of halogens is 3. The number of hydrogen-bond acceptors (Lipinski definition) is 5. The van der Waals surface area contributed by atoms with Crippen molar-refractivity contribution >= 4 is 33.3 Å². The number of carboxylic acid groups (broad SMARTS) is 1. The van der Waals surface area contributed by atoms with Gasteiger partial charge in [0.2, 0.25) is 5.91 Å². The smallest absolute Gasteiger partial charge is 0.416 e. The van der Waals surface area contributed by atoms with Crippen molar-refractivity contribution in [1.82, 2.24) is 0 Å². The first-order valence-corrected chi connectivity index (χ1v) is 10.9. The fourth-order valence-electron chi connectivity index (χ4n) is 3.31. The van der Waals surface area contributed by atoms with E-state index in [2.05, 4.69) is 4.72 Å². The predicted octanol–water partition coefficient (Wildman–Crippen LogP) is 3.73. The molecule has 0 radical (unpaired) electrons. The maximum absolute atomic E-state index is 13.3. The molecule has 0 saturated carbocycles. The summed E-state index contributed by atoms with van der Waals surface area (Å²) in [6.45, 7) is 0.219. The highest BCUT2D eigenvalue weighted by atomic mass is 32.2. The number of hydrogen-bond donors (Lipinski definition) is 2. The number of sulfonamides is 1. The Kier molecular flexibility index (Phi) is 6.35. The van der Waals surface area contributed by atoms with Gasteiger partial charge in [0.1, 0.15) is 10.6 Å². The van der Waals surface area contributed by atoms with Gasteiger partial charge >= 0.3 is 12.1 Å². The van der Waals surface area contributed by atoms with Crippen molar-refractivity contribution < 1.29 is 41.0 Å². The standard InChI is InChI=1S/C20H19F3N2O6S/c1-31-16-8-5-12(19(27)28)10-17(16)32(29,30)24-14-11-13(20(21,22)23)6-7-15(14)25-9-3-2-4-18(25)26/h5-8,10-11,24H,2-4,9H2,1H3,(H,27,28). The Morgan fingerprint density at radius 2 is 1.88 bits per heavy atom. The molecule has 1 aliphatic rings. The van der Waals surface area contributed by atoms with Crippen LogP contribution >= 0.6 is 0 Å². The van der Waals surface area contributed by atoms with E-state index in [1.807, 2.05) is 0 Å². The van der Waals surface area contributed by atoms with Gasteiger partial charge in [-0.2, -0.15) is 13.2 Å². The van der Waals surface area contributed by atoms with E-state index in [1.165, 1.54) is 4.90 Å². The lowest BCUT2D eigenvalue weighted by Gasteiger charge is -2.29. The molecule has 1 saturated heterocycles. The summed E-state index contributed by atoms with van der Waals surface area (Å²) >= 11 is 0. The highest BCUT2D eigenvalue weighted by molar-refractivity contribution is 7.92. The number of piperidine rings is 1. The Labute approximate surface area is 181 Å². The van der Waals surface area contributed by atoms with Crippen LogP contribution in [0.5, 0.6) is 5.75 Å². The van der Waals surface area contributed by atoms with Gasteiger partial charge in [-0.1, -0.05) is 0 Å². The third-order valence-electron chi connectivity index (χ3n) is 4.88. The average Bonchev–Trinajstić information content (AvgIpc) is 2.73. The van der Waals surface area contributed by atoms with Gasteiger partial charge in [0.25, 0.3) is 10.0 Å². The maximum Gasteiger partial charge on any atom is 0.416 e. The van der Waals surface area contributed by atoms with Crippen molar-refractivity contribution in [1.29, 1.82) is 0 Å². The van der Waals surface area contributed by atoms with Crippen LogP contribution in [-0.2, 0) is 21.0 Å². The molecule has 172 valence electrons. The topological polar surface area (TPSA) is 113 Å². The second-order valence-electron chi connectivity index (χ2n) is 7.01. The van der Waals surface area contributed by atoms with Crippen LogP contribution in [0.25, 0.3) is 0 Å². The van der Waals surface area contributed by atoms with E-state index in [4.69, 9.17) is 4.74 Å². The first-order chi connectivity index (χ1) is 14.9. The molecule has 0 aromatic heterocycles. The van der Waals surface area contributed by atoms with Crippen LogP contribution < -0.4 is 14.4 Å². The minimum atomic E-state index is -4.76. The van der Waals surface area contributed by atoms with Gasteiger partial charge in [-0.25, -0.2) is 13.2 Å². The summed E-state index contributed by atoms with van der Waals surface area (Å²) in [6, 6.07) is 5.49. The van der Waals surface area contributed by atoms with E-state index in [0.29, 0.717) is 18.9 Å². The number of nitrogens with zero attached hydrogens (tertiary/aromatic N) is 1. The highest BCUT2D eigenvalue weighted by Gasteiger charge is 2.33. The van der Waals surface area contributed by atoms with E-state index < -0.39 is 38.3 Å². The number of aromatic carboxylic acids is 1. The van der Waals surface area contributed by atoms with Crippen molar-refractivity contribution in [3.8, 4) is 5.75 Å². The molecule has 1 heterocycles. The minimum Gasteiger partial charge on any atom is -0.495 e. The van der Waals surface area contributed by atoms with Gasteiger partial charge in [-0.05, 0) is 49.2 Å². The molecular weight excluding hydrogens is 453 g/mol. The quantitative estimate of drug-likeness (QED) is 0.663. The average molecular weight is 472 g/mol. The molecule has 2 aromatic carbocycles. The number of carbonyl (C=O) groups is 2. The number of anilines is 2. The second-order valence-corrected chi connectivity index (χ2v) is 8.66. The zero-order valence-electron chi connectivity index (χ0n) is 16.8. The summed E-state index contributed by atoms with van der Waals surface area (Å²) in [5.74, 6) is -1.95. The molecule has 0 unspecified atom stereocenters. The number of ether oxygens (including phenoxy) is 1. The Hall–Kier alpha value is -3.28. The van der Waals surface area contributed by atoms with Crippen molar-refractivity contribution in [2.75, 3.05) is 23.3 Å². The van der Waals surface area contributed by atoms with Crippen LogP contribution in [-0.4, -0.2) is 39.1 Å². The lowest BCUT2D eigenvalue weighted by Crippen LogP contribution is -2.36. The first-order valence-electron chi connectivity index (χ1n) is 9.40. The molecule has 0 bridgehead atoms. The Balaban J connectivity index is 2.13. The van der Waals surface area contributed by atoms with Crippen LogP contribution in [0, 0.1) is 0 Å². The Bertz CT molecular complexity index is 1160. The second kappa shape index (κ2) is 8.69. The molecule has 8 nitrogen and oxygen atoms in total. The number of nitrogens with one attached hydrogen (secondary N) is 1. The van der Waals surface area contributed by atoms with Crippen LogP contribution in [0.2, 0.25) is 0 Å². The van der Waals surface area contributed by atoms with Crippen LogP contribution in [0.1, 0.15) is 35.2 Å². The van der Waals surface area contributed by atoms with Gasteiger partial charge in [0, 0.05) is 13.0 Å². The van der Waals surface area contributed by atoms with Gasteiger partial charge in [0.05, 0.1) is 29.6 Å². The lowest BCUT2D eigenvalue weighted by molar-refractivity contribution is -0.137.